The molecule has 2 heterocycles. The molecule has 1 N–H and O–H groups in total. The first-order valence-corrected chi connectivity index (χ1v) is 11.8. The molecule has 0 saturated carbocycles. The van der Waals surface area contributed by atoms with Gasteiger partial charge in [0, 0.05) is 30.4 Å². The summed E-state index contributed by atoms with van der Waals surface area (Å²) in [6, 6.07) is 18.1. The monoisotopic (exact) mass is 437 g/mol. The summed E-state index contributed by atoms with van der Waals surface area (Å²) in [5.74, 6) is 0.622. The van der Waals surface area contributed by atoms with Crippen LogP contribution < -0.4 is 4.74 Å². The Morgan fingerprint density at radius 1 is 1.00 bits per heavy atom. The number of nitrogens with zero attached hydrogens (tertiary/aromatic N) is 2. The lowest BCUT2D eigenvalue weighted by molar-refractivity contribution is 0.0322. The van der Waals surface area contributed by atoms with Gasteiger partial charge in [-0.3, -0.25) is 10.00 Å². The molecule has 0 radical (unpaired) electrons. The van der Waals surface area contributed by atoms with Crippen molar-refractivity contribution in [2.75, 3.05) is 39.5 Å². The van der Waals surface area contributed by atoms with Gasteiger partial charge < -0.3 is 9.47 Å². The number of aromatic nitrogens is 2. The smallest absolute Gasteiger partial charge is 0.226 e. The molecule has 1 aliphatic heterocycles. The lowest BCUT2D eigenvalue weighted by atomic mass is 10.1. The molecule has 4 aromatic rings. The summed E-state index contributed by atoms with van der Waals surface area (Å²) >= 11 is 0. The van der Waals surface area contributed by atoms with Crippen LogP contribution in [0.25, 0.3) is 21.7 Å². The van der Waals surface area contributed by atoms with Gasteiger partial charge in [0.1, 0.15) is 12.4 Å². The molecule has 1 aliphatic rings. The molecule has 1 aromatic heterocycles. The van der Waals surface area contributed by atoms with Crippen molar-refractivity contribution in [3.8, 4) is 5.75 Å². The number of rotatable bonds is 6. The molecule has 31 heavy (non-hydrogen) atoms. The number of sulfone groups is 1. The zero-order valence-electron chi connectivity index (χ0n) is 17.0. The van der Waals surface area contributed by atoms with Gasteiger partial charge in [-0.15, -0.1) is 0 Å². The van der Waals surface area contributed by atoms with Crippen molar-refractivity contribution < 1.29 is 17.9 Å². The second-order valence-corrected chi connectivity index (χ2v) is 9.35. The lowest BCUT2D eigenvalue weighted by Crippen LogP contribution is -2.38. The van der Waals surface area contributed by atoms with Crippen molar-refractivity contribution in [1.82, 2.24) is 15.1 Å². The SMILES string of the molecule is O=S(=O)(c1cccc2ccccc12)c1n[nH]c2ccc(OCCN3CCOCC3)cc12. The van der Waals surface area contributed by atoms with Crippen LogP contribution in [0.2, 0.25) is 0 Å². The summed E-state index contributed by atoms with van der Waals surface area (Å²) in [6.07, 6.45) is 0. The van der Waals surface area contributed by atoms with E-state index in [1.54, 1.807) is 24.3 Å². The van der Waals surface area contributed by atoms with Crippen molar-refractivity contribution in [2.24, 2.45) is 0 Å². The van der Waals surface area contributed by atoms with Crippen molar-refractivity contribution in [1.29, 1.82) is 0 Å². The van der Waals surface area contributed by atoms with E-state index in [0.29, 0.717) is 28.6 Å². The Kier molecular flexibility index (Phi) is 5.35. The highest BCUT2D eigenvalue weighted by molar-refractivity contribution is 7.91. The molecule has 160 valence electrons. The van der Waals surface area contributed by atoms with E-state index in [9.17, 15) is 8.42 Å². The summed E-state index contributed by atoms with van der Waals surface area (Å²) < 4.78 is 38.3. The Hall–Kier alpha value is -2.94. The first-order valence-electron chi connectivity index (χ1n) is 10.3. The van der Waals surface area contributed by atoms with Crippen LogP contribution >= 0.6 is 0 Å². The summed E-state index contributed by atoms with van der Waals surface area (Å²) in [4.78, 5) is 2.54. The predicted molar refractivity (Wildman–Crippen MR) is 118 cm³/mol. The summed E-state index contributed by atoms with van der Waals surface area (Å²) in [6.45, 7) is 4.62. The van der Waals surface area contributed by atoms with E-state index in [0.717, 1.165) is 38.2 Å². The van der Waals surface area contributed by atoms with E-state index in [1.165, 1.54) is 0 Å². The maximum absolute atomic E-state index is 13.5. The standard InChI is InChI=1S/C23H23N3O4S/c27-31(28,22-7-3-5-17-4-1-2-6-19(17)22)23-20-16-18(8-9-21(20)24-25-23)30-15-12-26-10-13-29-14-11-26/h1-9,16H,10-15H2,(H,24,25). The van der Waals surface area contributed by atoms with Gasteiger partial charge in [0.2, 0.25) is 9.84 Å². The van der Waals surface area contributed by atoms with Crippen LogP contribution in [-0.2, 0) is 14.6 Å². The van der Waals surface area contributed by atoms with Crippen molar-refractivity contribution in [2.45, 2.75) is 9.92 Å². The van der Waals surface area contributed by atoms with Crippen LogP contribution in [-0.4, -0.2) is 63.0 Å². The molecular weight excluding hydrogens is 414 g/mol. The predicted octanol–water partition coefficient (Wildman–Crippen LogP) is 3.26. The molecule has 0 aliphatic carbocycles. The Morgan fingerprint density at radius 2 is 1.81 bits per heavy atom. The van der Waals surface area contributed by atoms with Gasteiger partial charge >= 0.3 is 0 Å². The highest BCUT2D eigenvalue weighted by atomic mass is 32.2. The van der Waals surface area contributed by atoms with Gasteiger partial charge in [0.15, 0.2) is 5.03 Å². The number of benzene rings is 3. The molecule has 0 unspecified atom stereocenters. The first kappa shape index (κ1) is 20.0. The molecule has 1 fully saturated rings. The largest absolute Gasteiger partial charge is 0.492 e. The minimum Gasteiger partial charge on any atom is -0.492 e. The summed E-state index contributed by atoms with van der Waals surface area (Å²) in [7, 11) is -3.82. The number of fused-ring (bicyclic) bond motifs is 2. The normalized spacial score (nSPS) is 15.5. The van der Waals surface area contributed by atoms with Crippen LogP contribution in [0.5, 0.6) is 5.75 Å². The van der Waals surface area contributed by atoms with E-state index in [-0.39, 0.29) is 9.92 Å². The molecule has 0 bridgehead atoms. The Morgan fingerprint density at radius 3 is 2.68 bits per heavy atom. The number of aromatic amines is 1. The fourth-order valence-corrected chi connectivity index (χ4v) is 5.48. The minimum atomic E-state index is -3.82. The van der Waals surface area contributed by atoms with Gasteiger partial charge in [0.25, 0.3) is 0 Å². The molecule has 1 saturated heterocycles. The van der Waals surface area contributed by atoms with E-state index in [1.807, 2.05) is 36.4 Å². The van der Waals surface area contributed by atoms with E-state index < -0.39 is 9.84 Å². The van der Waals surface area contributed by atoms with Gasteiger partial charge in [-0.2, -0.15) is 5.10 Å². The van der Waals surface area contributed by atoms with Gasteiger partial charge in [-0.1, -0.05) is 36.4 Å². The number of ether oxygens (including phenoxy) is 2. The number of H-pyrrole nitrogens is 1. The third kappa shape index (κ3) is 3.89. The highest BCUT2D eigenvalue weighted by Gasteiger charge is 2.26. The summed E-state index contributed by atoms with van der Waals surface area (Å²) in [5.41, 5.74) is 0.652. The zero-order chi connectivity index (χ0) is 21.3. The number of hydrogen-bond donors (Lipinski definition) is 1. The second kappa shape index (κ2) is 8.30. The fourth-order valence-electron chi connectivity index (χ4n) is 3.92. The van der Waals surface area contributed by atoms with Crippen molar-refractivity contribution >= 4 is 31.5 Å². The summed E-state index contributed by atoms with van der Waals surface area (Å²) in [5, 5.41) is 9.08. The van der Waals surface area contributed by atoms with Crippen molar-refractivity contribution in [3.05, 3.63) is 60.7 Å². The average molecular weight is 438 g/mol. The molecule has 7 nitrogen and oxygen atoms in total. The van der Waals surface area contributed by atoms with E-state index in [4.69, 9.17) is 9.47 Å². The Labute approximate surface area is 180 Å². The molecular formula is C23H23N3O4S. The third-order valence-corrected chi connectivity index (χ3v) is 7.33. The second-order valence-electron chi connectivity index (χ2n) is 7.52. The van der Waals surface area contributed by atoms with Crippen LogP contribution in [0.4, 0.5) is 0 Å². The third-order valence-electron chi connectivity index (χ3n) is 5.57. The Balaban J connectivity index is 1.45. The molecule has 8 heteroatoms. The van der Waals surface area contributed by atoms with Crippen LogP contribution in [0.3, 0.4) is 0 Å². The molecule has 3 aromatic carbocycles. The highest BCUT2D eigenvalue weighted by Crippen LogP contribution is 2.32. The van der Waals surface area contributed by atoms with Gasteiger partial charge in [-0.05, 0) is 29.7 Å². The topological polar surface area (TPSA) is 84.5 Å². The van der Waals surface area contributed by atoms with Crippen LogP contribution in [0, 0.1) is 0 Å². The van der Waals surface area contributed by atoms with Crippen LogP contribution in [0.1, 0.15) is 0 Å². The molecule has 0 spiro atoms. The number of nitrogens with one attached hydrogen (secondary N) is 1. The number of hydrogen-bond acceptors (Lipinski definition) is 6. The molecule has 0 amide bonds. The van der Waals surface area contributed by atoms with Gasteiger partial charge in [-0.25, -0.2) is 8.42 Å². The van der Waals surface area contributed by atoms with E-state index in [2.05, 4.69) is 15.1 Å². The van der Waals surface area contributed by atoms with E-state index >= 15 is 0 Å². The zero-order valence-corrected chi connectivity index (χ0v) is 17.8. The Bertz CT molecular complexity index is 1320. The maximum Gasteiger partial charge on any atom is 0.226 e. The molecule has 5 rings (SSSR count). The van der Waals surface area contributed by atoms with Gasteiger partial charge in [0.05, 0.1) is 23.6 Å². The maximum atomic E-state index is 13.5. The van der Waals surface area contributed by atoms with Crippen molar-refractivity contribution in [3.63, 3.8) is 0 Å². The fraction of sp³-hybridized carbons (Fsp3) is 0.261. The lowest BCUT2D eigenvalue weighted by Gasteiger charge is -2.26. The molecule has 0 atom stereocenters. The number of morpholine rings is 1. The first-order chi connectivity index (χ1) is 15.1. The quantitative estimate of drug-likeness (QED) is 0.498. The average Bonchev–Trinajstić information content (AvgIpc) is 3.23. The minimum absolute atomic E-state index is 0.0116. The van der Waals surface area contributed by atoms with Crippen LogP contribution in [0.15, 0.2) is 70.6 Å².